The van der Waals surface area contributed by atoms with Crippen LogP contribution in [0.15, 0.2) is 24.3 Å². The lowest BCUT2D eigenvalue weighted by Gasteiger charge is -2.13. The first kappa shape index (κ1) is 10.2. The zero-order valence-electron chi connectivity index (χ0n) is 7.64. The number of benzene rings is 1. The van der Waals surface area contributed by atoms with Crippen LogP contribution >= 0.6 is 0 Å². The molecule has 1 unspecified atom stereocenters. The van der Waals surface area contributed by atoms with Gasteiger partial charge < -0.3 is 15.9 Å². The molecule has 0 fully saturated rings. The van der Waals surface area contributed by atoms with Gasteiger partial charge in [0.05, 0.1) is 6.04 Å². The maximum Gasteiger partial charge on any atom is 0.167 e. The summed E-state index contributed by atoms with van der Waals surface area (Å²) in [4.78, 5) is 0. The number of nitrogens with two attached hydrogens (primary N) is 1. The Labute approximate surface area is 77.8 Å². The predicted molar refractivity (Wildman–Crippen MR) is 51.1 cm³/mol. The van der Waals surface area contributed by atoms with Gasteiger partial charge in [-0.1, -0.05) is 29.8 Å². The zero-order valence-corrected chi connectivity index (χ0v) is 7.64. The summed E-state index contributed by atoms with van der Waals surface area (Å²) in [7, 11) is 0. The van der Waals surface area contributed by atoms with Crippen LogP contribution in [0.1, 0.15) is 11.1 Å². The number of rotatable bonds is 3. The second-order valence-corrected chi connectivity index (χ2v) is 3.27. The smallest absolute Gasteiger partial charge is 0.167 e. The highest BCUT2D eigenvalue weighted by Gasteiger charge is 2.10. The van der Waals surface area contributed by atoms with Crippen molar-refractivity contribution in [1.29, 1.82) is 0 Å². The summed E-state index contributed by atoms with van der Waals surface area (Å²) < 4.78 is 0. The van der Waals surface area contributed by atoms with Crippen LogP contribution in [0, 0.1) is 6.92 Å². The number of aliphatic hydroxyl groups is 2. The van der Waals surface area contributed by atoms with Gasteiger partial charge in [0.2, 0.25) is 0 Å². The molecule has 0 aliphatic heterocycles. The Bertz CT molecular complexity index is 256. The largest absolute Gasteiger partial charge is 0.367 e. The molecule has 1 aromatic carbocycles. The monoisotopic (exact) mass is 181 g/mol. The van der Waals surface area contributed by atoms with Crippen molar-refractivity contribution in [1.82, 2.24) is 0 Å². The fourth-order valence-corrected chi connectivity index (χ4v) is 1.10. The topological polar surface area (TPSA) is 66.5 Å². The van der Waals surface area contributed by atoms with Gasteiger partial charge >= 0.3 is 0 Å². The third-order valence-corrected chi connectivity index (χ3v) is 1.97. The van der Waals surface area contributed by atoms with Gasteiger partial charge in [-0.3, -0.25) is 0 Å². The maximum absolute atomic E-state index is 8.77. The van der Waals surface area contributed by atoms with Crippen molar-refractivity contribution in [2.45, 2.75) is 25.7 Å². The molecule has 4 N–H and O–H groups in total. The molecule has 0 aromatic heterocycles. The molecule has 1 rings (SSSR count). The highest BCUT2D eigenvalue weighted by molar-refractivity contribution is 5.22. The van der Waals surface area contributed by atoms with Gasteiger partial charge in [0.15, 0.2) is 6.29 Å². The molecule has 0 amide bonds. The molecule has 72 valence electrons. The fourth-order valence-electron chi connectivity index (χ4n) is 1.10. The van der Waals surface area contributed by atoms with Gasteiger partial charge in [0.25, 0.3) is 0 Å². The molecular weight excluding hydrogens is 166 g/mol. The van der Waals surface area contributed by atoms with Crippen LogP contribution in [0.2, 0.25) is 0 Å². The quantitative estimate of drug-likeness (QED) is 0.582. The second kappa shape index (κ2) is 4.37. The van der Waals surface area contributed by atoms with E-state index in [0.717, 1.165) is 5.56 Å². The fraction of sp³-hybridized carbons (Fsp3) is 0.400. The Morgan fingerprint density at radius 2 is 1.77 bits per heavy atom. The molecule has 0 spiro atoms. The second-order valence-electron chi connectivity index (χ2n) is 3.27. The zero-order chi connectivity index (χ0) is 9.84. The molecule has 0 saturated heterocycles. The van der Waals surface area contributed by atoms with E-state index in [1.165, 1.54) is 5.56 Å². The predicted octanol–water partition coefficient (Wildman–Crippen LogP) is 0.176. The Morgan fingerprint density at radius 1 is 1.23 bits per heavy atom. The minimum Gasteiger partial charge on any atom is -0.367 e. The molecule has 1 aromatic rings. The molecule has 0 heterocycles. The highest BCUT2D eigenvalue weighted by atomic mass is 16.5. The Hall–Kier alpha value is -0.900. The van der Waals surface area contributed by atoms with Gasteiger partial charge in [0.1, 0.15) is 0 Å². The van der Waals surface area contributed by atoms with Crippen molar-refractivity contribution in [3.05, 3.63) is 35.4 Å². The number of hydrogen-bond donors (Lipinski definition) is 3. The van der Waals surface area contributed by atoms with E-state index in [-0.39, 0.29) is 0 Å². The standard InChI is InChI=1S/C10H15NO2/c1-7-2-4-8(5-3-7)6-9(11)10(12)13/h2-5,9-10,12-13H,6,11H2,1H3. The van der Waals surface area contributed by atoms with E-state index in [1.54, 1.807) is 0 Å². The van der Waals surface area contributed by atoms with Crippen molar-refractivity contribution >= 4 is 0 Å². The Morgan fingerprint density at radius 3 is 2.23 bits per heavy atom. The summed E-state index contributed by atoms with van der Waals surface area (Å²) in [5, 5.41) is 17.5. The third-order valence-electron chi connectivity index (χ3n) is 1.97. The Kier molecular flexibility index (Phi) is 3.42. The molecule has 0 aliphatic rings. The molecule has 0 radical (unpaired) electrons. The lowest BCUT2D eigenvalue weighted by Crippen LogP contribution is -2.36. The molecule has 1 atom stereocenters. The van der Waals surface area contributed by atoms with Crippen LogP contribution in [0.25, 0.3) is 0 Å². The summed E-state index contributed by atoms with van der Waals surface area (Å²) >= 11 is 0. The lowest BCUT2D eigenvalue weighted by molar-refractivity contribution is -0.0577. The van der Waals surface area contributed by atoms with Gasteiger partial charge in [-0.25, -0.2) is 0 Å². The van der Waals surface area contributed by atoms with Gasteiger partial charge in [-0.15, -0.1) is 0 Å². The third kappa shape index (κ3) is 3.14. The molecule has 0 saturated carbocycles. The van der Waals surface area contributed by atoms with Gasteiger partial charge in [-0.2, -0.15) is 0 Å². The van der Waals surface area contributed by atoms with Crippen LogP contribution in [0.4, 0.5) is 0 Å². The summed E-state index contributed by atoms with van der Waals surface area (Å²) in [6.07, 6.45) is -0.959. The number of aliphatic hydroxyl groups excluding tert-OH is 1. The molecule has 3 nitrogen and oxygen atoms in total. The summed E-state index contributed by atoms with van der Waals surface area (Å²) in [6.45, 7) is 2.00. The first-order valence-electron chi connectivity index (χ1n) is 4.27. The summed E-state index contributed by atoms with van der Waals surface area (Å²) in [5.74, 6) is 0. The van der Waals surface area contributed by atoms with Gasteiger partial charge in [0, 0.05) is 0 Å². The molecule has 0 aliphatic carbocycles. The lowest BCUT2D eigenvalue weighted by atomic mass is 10.1. The van der Waals surface area contributed by atoms with E-state index in [2.05, 4.69) is 0 Å². The van der Waals surface area contributed by atoms with Crippen molar-refractivity contribution in [2.24, 2.45) is 5.73 Å². The normalized spacial score (nSPS) is 13.3. The summed E-state index contributed by atoms with van der Waals surface area (Å²) in [5.41, 5.74) is 7.69. The van der Waals surface area contributed by atoms with E-state index < -0.39 is 12.3 Å². The number of hydrogen-bond acceptors (Lipinski definition) is 3. The van der Waals surface area contributed by atoms with Crippen molar-refractivity contribution < 1.29 is 10.2 Å². The van der Waals surface area contributed by atoms with E-state index >= 15 is 0 Å². The minimum absolute atomic E-state index is 0.484. The molecule has 3 heteroatoms. The average Bonchev–Trinajstić information content (AvgIpc) is 2.08. The van der Waals surface area contributed by atoms with Crippen molar-refractivity contribution in [3.63, 3.8) is 0 Å². The van der Waals surface area contributed by atoms with Gasteiger partial charge in [-0.05, 0) is 18.9 Å². The van der Waals surface area contributed by atoms with Crippen LogP contribution in [0.3, 0.4) is 0 Å². The van der Waals surface area contributed by atoms with E-state index in [9.17, 15) is 0 Å². The van der Waals surface area contributed by atoms with Crippen LogP contribution in [-0.2, 0) is 6.42 Å². The average molecular weight is 181 g/mol. The minimum atomic E-state index is -1.44. The Balaban J connectivity index is 2.59. The molecule has 13 heavy (non-hydrogen) atoms. The molecular formula is C10H15NO2. The van der Waals surface area contributed by atoms with Crippen molar-refractivity contribution in [2.75, 3.05) is 0 Å². The SMILES string of the molecule is Cc1ccc(CC(N)C(O)O)cc1. The van der Waals surface area contributed by atoms with E-state index in [1.807, 2.05) is 31.2 Å². The van der Waals surface area contributed by atoms with Crippen LogP contribution in [-0.4, -0.2) is 22.5 Å². The highest BCUT2D eigenvalue weighted by Crippen LogP contribution is 2.06. The van der Waals surface area contributed by atoms with Crippen LogP contribution < -0.4 is 5.73 Å². The van der Waals surface area contributed by atoms with E-state index in [0.29, 0.717) is 6.42 Å². The van der Waals surface area contributed by atoms with E-state index in [4.69, 9.17) is 15.9 Å². The summed E-state index contributed by atoms with van der Waals surface area (Å²) in [6, 6.07) is 7.23. The maximum atomic E-state index is 8.77. The van der Waals surface area contributed by atoms with Crippen molar-refractivity contribution in [3.8, 4) is 0 Å². The number of aryl methyl sites for hydroxylation is 1. The first-order valence-corrected chi connectivity index (χ1v) is 4.27. The molecule has 0 bridgehead atoms. The first-order chi connectivity index (χ1) is 6.09. The van der Waals surface area contributed by atoms with Crippen LogP contribution in [0.5, 0.6) is 0 Å².